The summed E-state index contributed by atoms with van der Waals surface area (Å²) in [5.41, 5.74) is -2.03. The van der Waals surface area contributed by atoms with Crippen LogP contribution in [0.5, 0.6) is 0 Å². The molecule has 0 aromatic rings. The molecule has 3 N–H and O–H groups in total. The van der Waals surface area contributed by atoms with E-state index in [0.29, 0.717) is 0 Å². The molecule has 0 aliphatic carbocycles. The first-order valence-corrected chi connectivity index (χ1v) is 11.4. The molecule has 35 heavy (non-hydrogen) atoms. The molecular formula is C27H54O8. The Morgan fingerprint density at radius 2 is 0.400 bits per heavy atom. The van der Waals surface area contributed by atoms with Gasteiger partial charge in [0.05, 0.1) is 16.2 Å². The number of carbonyl (C=O) groups excluding carboxylic acids is 2. The molecule has 0 aromatic heterocycles. The average Bonchev–Trinajstić information content (AvgIpc) is 2.52. The van der Waals surface area contributed by atoms with E-state index in [2.05, 4.69) is 0 Å². The number of hydrogen-bond donors (Lipinski definition) is 3. The Morgan fingerprint density at radius 1 is 0.343 bits per heavy atom. The van der Waals surface area contributed by atoms with Gasteiger partial charge in [0, 0.05) is 10.8 Å². The quantitative estimate of drug-likeness (QED) is 0.333. The molecule has 0 radical (unpaired) electrons. The van der Waals surface area contributed by atoms with Gasteiger partial charge in [-0.25, -0.2) is 0 Å². The van der Waals surface area contributed by atoms with Crippen LogP contribution in [0.1, 0.15) is 118 Å². The van der Waals surface area contributed by atoms with Gasteiger partial charge in [-0.05, 0) is 76.2 Å². The van der Waals surface area contributed by atoms with Gasteiger partial charge in [-0.2, -0.15) is 0 Å². The molecule has 0 saturated carbocycles. The molecule has 0 heterocycles. The zero-order valence-electron chi connectivity index (χ0n) is 25.4. The minimum absolute atomic E-state index is 0.139. The van der Waals surface area contributed by atoms with Gasteiger partial charge in [-0.1, -0.05) is 41.5 Å². The smallest absolute Gasteiger partial charge is 0.308 e. The summed E-state index contributed by atoms with van der Waals surface area (Å²) in [6.45, 7) is 29.7. The highest BCUT2D eigenvalue weighted by Crippen LogP contribution is 2.14. The minimum Gasteiger partial charge on any atom is -0.481 e. The standard InChI is InChI=1S/2C6H12O.3C5H10O2/c2*1-5(7)6(2,3)4;3*1-5(2,3)4(6)7/h2*1-4H3;3*1-3H3,(H,6,7). The number of rotatable bonds is 0. The maximum Gasteiger partial charge on any atom is 0.308 e. The summed E-state index contributed by atoms with van der Waals surface area (Å²) in [6.07, 6.45) is 0. The van der Waals surface area contributed by atoms with Crippen LogP contribution in [0.15, 0.2) is 0 Å². The number of carboxylic acid groups (broad SMARTS) is 3. The summed E-state index contributed by atoms with van der Waals surface area (Å²) in [7, 11) is 0. The van der Waals surface area contributed by atoms with Crippen LogP contribution in [-0.4, -0.2) is 44.8 Å². The summed E-state index contributed by atoms with van der Waals surface area (Å²) < 4.78 is 0. The van der Waals surface area contributed by atoms with Crippen molar-refractivity contribution in [1.82, 2.24) is 0 Å². The number of carboxylic acids is 3. The number of carbonyl (C=O) groups is 5. The molecule has 0 aliphatic heterocycles. The first-order chi connectivity index (χ1) is 14.7. The molecule has 0 unspecified atom stereocenters. The van der Waals surface area contributed by atoms with Crippen molar-refractivity contribution >= 4 is 29.5 Å². The molecular weight excluding hydrogens is 452 g/mol. The average molecular weight is 507 g/mol. The topological polar surface area (TPSA) is 146 Å². The van der Waals surface area contributed by atoms with Crippen LogP contribution in [0.25, 0.3) is 0 Å². The predicted molar refractivity (Wildman–Crippen MR) is 142 cm³/mol. The van der Waals surface area contributed by atoms with E-state index in [1.807, 2.05) is 41.5 Å². The van der Waals surface area contributed by atoms with Crippen molar-refractivity contribution in [2.45, 2.75) is 118 Å². The van der Waals surface area contributed by atoms with Crippen molar-refractivity contribution in [3.63, 3.8) is 0 Å². The molecule has 0 bridgehead atoms. The molecule has 0 saturated heterocycles. The monoisotopic (exact) mass is 506 g/mol. The number of hydrogen-bond acceptors (Lipinski definition) is 5. The third-order valence-electron chi connectivity index (χ3n) is 4.04. The lowest BCUT2D eigenvalue weighted by Crippen LogP contribution is -2.18. The van der Waals surface area contributed by atoms with E-state index in [-0.39, 0.29) is 22.4 Å². The molecule has 210 valence electrons. The van der Waals surface area contributed by atoms with Gasteiger partial charge >= 0.3 is 17.9 Å². The molecule has 0 amide bonds. The highest BCUT2D eigenvalue weighted by molar-refractivity contribution is 5.81. The Morgan fingerprint density at radius 3 is 0.400 bits per heavy atom. The van der Waals surface area contributed by atoms with Gasteiger partial charge in [0.15, 0.2) is 0 Å². The van der Waals surface area contributed by atoms with Gasteiger partial charge < -0.3 is 15.3 Å². The third-order valence-corrected chi connectivity index (χ3v) is 4.04. The van der Waals surface area contributed by atoms with Crippen molar-refractivity contribution in [2.75, 3.05) is 0 Å². The van der Waals surface area contributed by atoms with Crippen LogP contribution in [0.2, 0.25) is 0 Å². The summed E-state index contributed by atoms with van der Waals surface area (Å²) in [4.78, 5) is 51.0. The van der Waals surface area contributed by atoms with Gasteiger partial charge in [0.25, 0.3) is 0 Å². The highest BCUT2D eigenvalue weighted by atomic mass is 16.4. The predicted octanol–water partition coefficient (Wildman–Crippen LogP) is 6.59. The second kappa shape index (κ2) is 16.4. The number of ketones is 2. The Balaban J connectivity index is -0.000000107. The van der Waals surface area contributed by atoms with E-state index >= 15 is 0 Å². The molecule has 8 heteroatoms. The van der Waals surface area contributed by atoms with E-state index < -0.39 is 34.2 Å². The van der Waals surface area contributed by atoms with E-state index in [4.69, 9.17) is 15.3 Å². The molecule has 0 atom stereocenters. The second-order valence-electron chi connectivity index (χ2n) is 13.3. The first kappa shape index (κ1) is 42.9. The van der Waals surface area contributed by atoms with Crippen LogP contribution in [-0.2, 0) is 24.0 Å². The van der Waals surface area contributed by atoms with Crippen LogP contribution in [0.3, 0.4) is 0 Å². The number of Topliss-reactive ketones (excluding diaryl/α,β-unsaturated/α-hetero) is 2. The summed E-state index contributed by atoms with van der Waals surface area (Å²) in [5, 5.41) is 24.8. The summed E-state index contributed by atoms with van der Waals surface area (Å²) in [5.74, 6) is -1.78. The fourth-order valence-corrected chi connectivity index (χ4v) is 0. The van der Waals surface area contributed by atoms with Gasteiger partial charge in [0.1, 0.15) is 11.6 Å². The Hall–Kier alpha value is -2.25. The van der Waals surface area contributed by atoms with Crippen LogP contribution < -0.4 is 0 Å². The van der Waals surface area contributed by atoms with Crippen molar-refractivity contribution in [2.24, 2.45) is 27.1 Å². The van der Waals surface area contributed by atoms with Crippen LogP contribution in [0.4, 0.5) is 0 Å². The fourth-order valence-electron chi connectivity index (χ4n) is 0. The SMILES string of the molecule is CC(=O)C(C)(C)C.CC(=O)C(C)(C)C.CC(C)(C)C(=O)O.CC(C)(C)C(=O)O.CC(C)(C)C(=O)O. The van der Waals surface area contributed by atoms with Crippen LogP contribution in [0, 0.1) is 27.1 Å². The lowest BCUT2D eigenvalue weighted by molar-refractivity contribution is -0.146. The highest BCUT2D eigenvalue weighted by Gasteiger charge is 2.20. The van der Waals surface area contributed by atoms with Gasteiger partial charge in [0.2, 0.25) is 0 Å². The van der Waals surface area contributed by atoms with Crippen LogP contribution >= 0.6 is 0 Å². The molecule has 0 spiro atoms. The maximum atomic E-state index is 10.5. The minimum atomic E-state index is -0.757. The molecule has 0 fully saturated rings. The largest absolute Gasteiger partial charge is 0.481 e. The summed E-state index contributed by atoms with van der Waals surface area (Å²) >= 11 is 0. The van der Waals surface area contributed by atoms with E-state index in [1.54, 1.807) is 76.2 Å². The molecule has 0 aliphatic rings. The zero-order chi connectivity index (χ0) is 30.4. The fraction of sp³-hybridized carbons (Fsp3) is 0.815. The Bertz CT molecular complexity index is 529. The van der Waals surface area contributed by atoms with Crippen molar-refractivity contribution < 1.29 is 39.3 Å². The maximum absolute atomic E-state index is 10.5. The zero-order valence-corrected chi connectivity index (χ0v) is 25.4. The lowest BCUT2D eigenvalue weighted by atomic mass is 9.92. The number of aliphatic carboxylic acids is 3. The first-order valence-electron chi connectivity index (χ1n) is 11.4. The third kappa shape index (κ3) is 36.5. The van der Waals surface area contributed by atoms with Crippen molar-refractivity contribution in [3.05, 3.63) is 0 Å². The lowest BCUT2D eigenvalue weighted by Gasteiger charge is -2.11. The normalized spacial score (nSPS) is 11.3. The molecule has 0 aromatic carbocycles. The summed E-state index contributed by atoms with van der Waals surface area (Å²) in [6, 6.07) is 0. The second-order valence-corrected chi connectivity index (χ2v) is 13.3. The van der Waals surface area contributed by atoms with E-state index in [9.17, 15) is 24.0 Å². The molecule has 0 rings (SSSR count). The Kier molecular flexibility index (Phi) is 20.1. The van der Waals surface area contributed by atoms with Crippen molar-refractivity contribution in [3.8, 4) is 0 Å². The molecule has 8 nitrogen and oxygen atoms in total. The van der Waals surface area contributed by atoms with Gasteiger partial charge in [-0.15, -0.1) is 0 Å². The van der Waals surface area contributed by atoms with Crippen molar-refractivity contribution in [1.29, 1.82) is 0 Å². The van der Waals surface area contributed by atoms with E-state index in [0.717, 1.165) is 0 Å². The van der Waals surface area contributed by atoms with Gasteiger partial charge in [-0.3, -0.25) is 24.0 Å². The van der Waals surface area contributed by atoms with E-state index in [1.165, 1.54) is 0 Å². The Labute approximate surface area is 213 Å².